The van der Waals surface area contributed by atoms with Gasteiger partial charge in [-0.1, -0.05) is 90.4 Å². The molecule has 0 aliphatic heterocycles. The summed E-state index contributed by atoms with van der Waals surface area (Å²) in [5.41, 5.74) is 0. The van der Waals surface area contributed by atoms with Crippen molar-refractivity contribution < 1.29 is 19.1 Å². The number of ether oxygens (including phenoxy) is 2. The van der Waals surface area contributed by atoms with Crippen LogP contribution >= 0.6 is 0 Å². The first kappa shape index (κ1) is 27.0. The largest absolute Gasteiger partial charge is 0.466 e. The van der Waals surface area contributed by atoms with E-state index >= 15 is 0 Å². The fraction of sp³-hybridized carbons (Fsp3) is 0.923. The van der Waals surface area contributed by atoms with Crippen LogP contribution in [0.1, 0.15) is 136 Å². The highest BCUT2D eigenvalue weighted by Gasteiger charge is 2.28. The van der Waals surface area contributed by atoms with Gasteiger partial charge >= 0.3 is 11.9 Å². The Hall–Kier alpha value is -1.06. The summed E-state index contributed by atoms with van der Waals surface area (Å²) in [6.07, 6.45) is 22.5. The Morgan fingerprint density at radius 2 is 1.23 bits per heavy atom. The smallest absolute Gasteiger partial charge is 0.306 e. The predicted octanol–water partition coefficient (Wildman–Crippen LogP) is 7.52. The number of unbranched alkanes of at least 4 members (excludes halogenated alkanes) is 11. The molecule has 176 valence electrons. The Morgan fingerprint density at radius 1 is 0.700 bits per heavy atom. The molecule has 0 bridgehead atoms. The second-order valence-corrected chi connectivity index (χ2v) is 9.06. The van der Waals surface area contributed by atoms with Gasteiger partial charge in [0.05, 0.1) is 19.4 Å². The summed E-state index contributed by atoms with van der Waals surface area (Å²) >= 11 is 0. The molecule has 1 rings (SSSR count). The molecule has 0 spiro atoms. The van der Waals surface area contributed by atoms with Gasteiger partial charge in [0, 0.05) is 0 Å². The van der Waals surface area contributed by atoms with E-state index in [1.165, 1.54) is 96.3 Å². The standard InChI is InChI=1S/C26H48O4/c1-3-5-6-7-8-9-10-11-12-13-14-15-18-23-19-16-17-20-24(23)30-26(28)22-21-25(27)29-4-2/h23-24H,3-22H2,1-2H3. The first-order chi connectivity index (χ1) is 14.7. The molecule has 1 fully saturated rings. The van der Waals surface area contributed by atoms with Crippen molar-refractivity contribution in [3.63, 3.8) is 0 Å². The first-order valence-electron chi connectivity index (χ1n) is 13.0. The summed E-state index contributed by atoms with van der Waals surface area (Å²) in [5, 5.41) is 0. The van der Waals surface area contributed by atoms with Crippen molar-refractivity contribution in [2.75, 3.05) is 6.61 Å². The van der Waals surface area contributed by atoms with Crippen molar-refractivity contribution in [1.29, 1.82) is 0 Å². The molecule has 0 saturated heterocycles. The zero-order valence-electron chi connectivity index (χ0n) is 19.9. The zero-order chi connectivity index (χ0) is 21.9. The van der Waals surface area contributed by atoms with Gasteiger partial charge in [-0.05, 0) is 38.5 Å². The van der Waals surface area contributed by atoms with Crippen LogP contribution in [0.3, 0.4) is 0 Å². The molecule has 0 radical (unpaired) electrons. The highest BCUT2D eigenvalue weighted by Crippen LogP contribution is 2.31. The third-order valence-electron chi connectivity index (χ3n) is 6.39. The highest BCUT2D eigenvalue weighted by molar-refractivity contribution is 5.77. The molecule has 0 N–H and O–H groups in total. The highest BCUT2D eigenvalue weighted by atomic mass is 16.5. The molecular weight excluding hydrogens is 376 g/mol. The van der Waals surface area contributed by atoms with Crippen LogP contribution in [0.25, 0.3) is 0 Å². The van der Waals surface area contributed by atoms with Gasteiger partial charge < -0.3 is 9.47 Å². The number of esters is 2. The van der Waals surface area contributed by atoms with Gasteiger partial charge in [0.1, 0.15) is 6.10 Å². The van der Waals surface area contributed by atoms with Gasteiger partial charge in [0.25, 0.3) is 0 Å². The Bertz CT molecular complexity index is 435. The SMILES string of the molecule is CCCCCCCCCCCCCCC1CCCCC1OC(=O)CCC(=O)OCC. The monoisotopic (exact) mass is 424 g/mol. The van der Waals surface area contributed by atoms with Gasteiger partial charge in [-0.25, -0.2) is 0 Å². The molecule has 0 aromatic heterocycles. The van der Waals surface area contributed by atoms with Crippen molar-refractivity contribution in [2.24, 2.45) is 5.92 Å². The van der Waals surface area contributed by atoms with E-state index in [0.717, 1.165) is 12.8 Å². The molecule has 4 heteroatoms. The normalized spacial score (nSPS) is 18.9. The predicted molar refractivity (Wildman–Crippen MR) is 123 cm³/mol. The number of carbonyl (C=O) groups excluding carboxylic acids is 2. The third-order valence-corrected chi connectivity index (χ3v) is 6.39. The summed E-state index contributed by atoms with van der Waals surface area (Å²) < 4.78 is 10.6. The van der Waals surface area contributed by atoms with Gasteiger partial charge in [0.2, 0.25) is 0 Å². The van der Waals surface area contributed by atoms with E-state index < -0.39 is 0 Å². The maximum Gasteiger partial charge on any atom is 0.306 e. The number of carbonyl (C=O) groups is 2. The van der Waals surface area contributed by atoms with Gasteiger partial charge in [0.15, 0.2) is 0 Å². The van der Waals surface area contributed by atoms with Crippen molar-refractivity contribution in [1.82, 2.24) is 0 Å². The van der Waals surface area contributed by atoms with Gasteiger partial charge in [-0.15, -0.1) is 0 Å². The zero-order valence-corrected chi connectivity index (χ0v) is 19.9. The van der Waals surface area contributed by atoms with E-state index in [-0.39, 0.29) is 30.9 Å². The lowest BCUT2D eigenvalue weighted by Crippen LogP contribution is -2.30. The van der Waals surface area contributed by atoms with Crippen molar-refractivity contribution in [2.45, 2.75) is 142 Å². The average Bonchev–Trinajstić information content (AvgIpc) is 2.74. The fourth-order valence-corrected chi connectivity index (χ4v) is 4.57. The van der Waals surface area contributed by atoms with E-state index in [4.69, 9.17) is 9.47 Å². The topological polar surface area (TPSA) is 52.6 Å². The fourth-order valence-electron chi connectivity index (χ4n) is 4.57. The Morgan fingerprint density at radius 3 is 1.83 bits per heavy atom. The van der Waals surface area contributed by atoms with E-state index in [1.54, 1.807) is 6.92 Å². The molecular formula is C26H48O4. The summed E-state index contributed by atoms with van der Waals surface area (Å²) in [7, 11) is 0. The van der Waals surface area contributed by atoms with Crippen LogP contribution in [0.15, 0.2) is 0 Å². The molecule has 0 amide bonds. The Kier molecular flexibility index (Phi) is 16.8. The Balaban J connectivity index is 2.06. The van der Waals surface area contributed by atoms with Crippen molar-refractivity contribution in [3.05, 3.63) is 0 Å². The summed E-state index contributed by atoms with van der Waals surface area (Å²) in [6.45, 7) is 4.41. The van der Waals surface area contributed by atoms with Crippen molar-refractivity contribution >= 4 is 11.9 Å². The van der Waals surface area contributed by atoms with E-state index in [9.17, 15) is 9.59 Å². The summed E-state index contributed by atoms with van der Waals surface area (Å²) in [4.78, 5) is 23.5. The minimum atomic E-state index is -0.314. The van der Waals surface area contributed by atoms with E-state index in [1.807, 2.05) is 0 Å². The number of hydrogen-bond acceptors (Lipinski definition) is 4. The Labute approximate surface area is 185 Å². The molecule has 0 aromatic carbocycles. The van der Waals surface area contributed by atoms with Crippen LogP contribution in [-0.4, -0.2) is 24.6 Å². The van der Waals surface area contributed by atoms with Crippen molar-refractivity contribution in [3.8, 4) is 0 Å². The van der Waals surface area contributed by atoms with Crippen LogP contribution in [0.4, 0.5) is 0 Å². The molecule has 2 unspecified atom stereocenters. The van der Waals surface area contributed by atoms with Gasteiger partial charge in [-0.2, -0.15) is 0 Å². The molecule has 0 heterocycles. The molecule has 1 aliphatic carbocycles. The quantitative estimate of drug-likeness (QED) is 0.169. The molecule has 0 aromatic rings. The third kappa shape index (κ3) is 14.0. The summed E-state index contributed by atoms with van der Waals surface area (Å²) in [6, 6.07) is 0. The van der Waals surface area contributed by atoms with Crippen LogP contribution in [-0.2, 0) is 19.1 Å². The van der Waals surface area contributed by atoms with Crippen LogP contribution in [0.2, 0.25) is 0 Å². The number of rotatable bonds is 18. The van der Waals surface area contributed by atoms with Crippen LogP contribution in [0.5, 0.6) is 0 Å². The van der Waals surface area contributed by atoms with Crippen LogP contribution < -0.4 is 0 Å². The lowest BCUT2D eigenvalue weighted by molar-refractivity contribution is -0.157. The van der Waals surface area contributed by atoms with Gasteiger partial charge in [-0.3, -0.25) is 9.59 Å². The minimum Gasteiger partial charge on any atom is -0.466 e. The van der Waals surface area contributed by atoms with E-state index in [0.29, 0.717) is 12.5 Å². The van der Waals surface area contributed by atoms with E-state index in [2.05, 4.69) is 6.92 Å². The number of hydrogen-bond donors (Lipinski definition) is 0. The average molecular weight is 425 g/mol. The van der Waals surface area contributed by atoms with Crippen LogP contribution in [0, 0.1) is 5.92 Å². The molecule has 1 saturated carbocycles. The summed E-state index contributed by atoms with van der Waals surface area (Å²) in [5.74, 6) is -0.0470. The molecule has 4 nitrogen and oxygen atoms in total. The second-order valence-electron chi connectivity index (χ2n) is 9.06. The maximum atomic E-state index is 12.1. The lowest BCUT2D eigenvalue weighted by atomic mass is 9.83. The second kappa shape index (κ2) is 18.7. The first-order valence-corrected chi connectivity index (χ1v) is 13.0. The lowest BCUT2D eigenvalue weighted by Gasteiger charge is -2.31. The minimum absolute atomic E-state index is 0.0566. The molecule has 1 aliphatic rings. The molecule has 30 heavy (non-hydrogen) atoms. The molecule has 2 atom stereocenters. The maximum absolute atomic E-state index is 12.1.